The zero-order valence-electron chi connectivity index (χ0n) is 10.1. The molecule has 2 aliphatic rings. The third-order valence-electron chi connectivity index (χ3n) is 3.98. The molecular formula is C13H18ClN3. The molecule has 0 amide bonds. The lowest BCUT2D eigenvalue weighted by Gasteiger charge is -2.17. The Morgan fingerprint density at radius 3 is 2.53 bits per heavy atom. The molecular weight excluding hydrogens is 234 g/mol. The van der Waals surface area contributed by atoms with Gasteiger partial charge in [-0.2, -0.15) is 0 Å². The first-order valence-corrected chi connectivity index (χ1v) is 6.84. The molecule has 1 aromatic heterocycles. The van der Waals surface area contributed by atoms with Crippen molar-refractivity contribution in [1.29, 1.82) is 0 Å². The van der Waals surface area contributed by atoms with E-state index in [1.807, 2.05) is 6.92 Å². The fraction of sp³-hybridized carbons (Fsp3) is 0.692. The number of halogens is 1. The molecule has 0 radical (unpaired) electrons. The molecule has 1 N–H and O–H groups in total. The van der Waals surface area contributed by atoms with Crippen molar-refractivity contribution < 1.29 is 0 Å². The SMILES string of the molecule is Cc1c(Cl)ncnc1NCC(C1CC1)C1CC1. The summed E-state index contributed by atoms with van der Waals surface area (Å²) >= 11 is 5.99. The van der Waals surface area contributed by atoms with Crippen LogP contribution in [0, 0.1) is 24.7 Å². The van der Waals surface area contributed by atoms with Crippen molar-refractivity contribution >= 4 is 17.4 Å². The summed E-state index contributed by atoms with van der Waals surface area (Å²) in [5, 5.41) is 4.01. The molecule has 92 valence electrons. The van der Waals surface area contributed by atoms with Gasteiger partial charge >= 0.3 is 0 Å². The monoisotopic (exact) mass is 251 g/mol. The van der Waals surface area contributed by atoms with E-state index in [1.54, 1.807) is 0 Å². The molecule has 0 unspecified atom stereocenters. The van der Waals surface area contributed by atoms with E-state index in [4.69, 9.17) is 11.6 Å². The molecule has 2 saturated carbocycles. The Labute approximate surface area is 107 Å². The van der Waals surface area contributed by atoms with Crippen molar-refractivity contribution in [3.63, 3.8) is 0 Å². The highest BCUT2D eigenvalue weighted by atomic mass is 35.5. The predicted molar refractivity (Wildman–Crippen MR) is 69.2 cm³/mol. The van der Waals surface area contributed by atoms with Crippen LogP contribution in [0.3, 0.4) is 0 Å². The van der Waals surface area contributed by atoms with Crippen LogP contribution >= 0.6 is 11.6 Å². The maximum Gasteiger partial charge on any atom is 0.137 e. The Morgan fingerprint density at radius 1 is 1.29 bits per heavy atom. The van der Waals surface area contributed by atoms with Crippen LogP contribution in [-0.4, -0.2) is 16.5 Å². The fourth-order valence-electron chi connectivity index (χ4n) is 2.59. The van der Waals surface area contributed by atoms with Gasteiger partial charge in [0.1, 0.15) is 17.3 Å². The lowest BCUT2D eigenvalue weighted by Crippen LogP contribution is -2.19. The van der Waals surface area contributed by atoms with Crippen LogP contribution in [0.5, 0.6) is 0 Å². The summed E-state index contributed by atoms with van der Waals surface area (Å²) in [6.45, 7) is 3.01. The topological polar surface area (TPSA) is 37.8 Å². The second-order valence-electron chi connectivity index (χ2n) is 5.36. The number of anilines is 1. The van der Waals surface area contributed by atoms with Crippen LogP contribution < -0.4 is 5.32 Å². The van der Waals surface area contributed by atoms with Gasteiger partial charge in [0.25, 0.3) is 0 Å². The number of hydrogen-bond acceptors (Lipinski definition) is 3. The number of nitrogens with one attached hydrogen (secondary N) is 1. The van der Waals surface area contributed by atoms with Gasteiger partial charge in [-0.05, 0) is 50.4 Å². The molecule has 2 fully saturated rings. The van der Waals surface area contributed by atoms with E-state index in [1.165, 1.54) is 32.0 Å². The van der Waals surface area contributed by atoms with E-state index in [2.05, 4.69) is 15.3 Å². The summed E-state index contributed by atoms with van der Waals surface area (Å²) in [6, 6.07) is 0. The molecule has 1 aromatic rings. The molecule has 3 nitrogen and oxygen atoms in total. The van der Waals surface area contributed by atoms with Crippen LogP contribution in [0.25, 0.3) is 0 Å². The highest BCUT2D eigenvalue weighted by Crippen LogP contribution is 2.49. The normalized spacial score (nSPS) is 19.7. The summed E-state index contributed by atoms with van der Waals surface area (Å²) in [7, 11) is 0. The second kappa shape index (κ2) is 4.45. The Kier molecular flexibility index (Phi) is 2.95. The van der Waals surface area contributed by atoms with E-state index in [0.29, 0.717) is 5.15 Å². The first-order valence-electron chi connectivity index (χ1n) is 6.46. The third kappa shape index (κ3) is 2.54. The maximum atomic E-state index is 5.99. The quantitative estimate of drug-likeness (QED) is 0.816. The second-order valence-corrected chi connectivity index (χ2v) is 5.72. The third-order valence-corrected chi connectivity index (χ3v) is 4.36. The van der Waals surface area contributed by atoms with E-state index in [-0.39, 0.29) is 0 Å². The van der Waals surface area contributed by atoms with Gasteiger partial charge in [0.15, 0.2) is 0 Å². The molecule has 0 atom stereocenters. The van der Waals surface area contributed by atoms with E-state index in [0.717, 1.165) is 35.7 Å². The molecule has 0 saturated heterocycles. The molecule has 4 heteroatoms. The average Bonchev–Trinajstić information content (AvgIpc) is 3.14. The van der Waals surface area contributed by atoms with Crippen molar-refractivity contribution in [2.45, 2.75) is 32.6 Å². The van der Waals surface area contributed by atoms with Gasteiger partial charge in [0, 0.05) is 12.1 Å². The first kappa shape index (κ1) is 11.3. The van der Waals surface area contributed by atoms with Gasteiger partial charge in [0.2, 0.25) is 0 Å². The van der Waals surface area contributed by atoms with Crippen LogP contribution in [-0.2, 0) is 0 Å². The van der Waals surface area contributed by atoms with Crippen molar-refractivity contribution in [3.05, 3.63) is 17.0 Å². The largest absolute Gasteiger partial charge is 0.369 e. The summed E-state index contributed by atoms with van der Waals surface area (Å²) in [6.07, 6.45) is 7.22. The van der Waals surface area contributed by atoms with E-state index < -0.39 is 0 Å². The Morgan fingerprint density at radius 2 is 1.94 bits per heavy atom. The summed E-state index contributed by atoms with van der Waals surface area (Å²) in [5.41, 5.74) is 0.958. The molecule has 2 aliphatic carbocycles. The average molecular weight is 252 g/mol. The van der Waals surface area contributed by atoms with Crippen LogP contribution in [0.2, 0.25) is 5.15 Å². The number of aromatic nitrogens is 2. The first-order chi connectivity index (χ1) is 8.25. The molecule has 0 bridgehead atoms. The summed E-state index contributed by atoms with van der Waals surface area (Å²) in [4.78, 5) is 8.24. The van der Waals surface area contributed by atoms with Crippen LogP contribution in [0.4, 0.5) is 5.82 Å². The predicted octanol–water partition coefficient (Wildman–Crippen LogP) is 3.29. The fourth-order valence-corrected chi connectivity index (χ4v) is 2.72. The molecule has 0 aliphatic heterocycles. The minimum Gasteiger partial charge on any atom is -0.369 e. The Balaban J connectivity index is 1.64. The molecule has 1 heterocycles. The zero-order chi connectivity index (χ0) is 11.8. The van der Waals surface area contributed by atoms with E-state index >= 15 is 0 Å². The van der Waals surface area contributed by atoms with Crippen molar-refractivity contribution in [2.75, 3.05) is 11.9 Å². The van der Waals surface area contributed by atoms with Gasteiger partial charge in [0.05, 0.1) is 0 Å². The van der Waals surface area contributed by atoms with Crippen molar-refractivity contribution in [2.24, 2.45) is 17.8 Å². The number of hydrogen-bond donors (Lipinski definition) is 1. The van der Waals surface area contributed by atoms with Gasteiger partial charge in [-0.3, -0.25) is 0 Å². The van der Waals surface area contributed by atoms with Gasteiger partial charge < -0.3 is 5.32 Å². The van der Waals surface area contributed by atoms with Gasteiger partial charge in [-0.25, -0.2) is 9.97 Å². The van der Waals surface area contributed by atoms with Gasteiger partial charge in [-0.1, -0.05) is 11.6 Å². The summed E-state index contributed by atoms with van der Waals surface area (Å²) < 4.78 is 0. The molecule has 0 spiro atoms. The molecule has 0 aromatic carbocycles. The highest BCUT2D eigenvalue weighted by molar-refractivity contribution is 6.30. The smallest absolute Gasteiger partial charge is 0.137 e. The minimum absolute atomic E-state index is 0.553. The maximum absolute atomic E-state index is 5.99. The lowest BCUT2D eigenvalue weighted by molar-refractivity contribution is 0.427. The minimum atomic E-state index is 0.553. The molecule has 17 heavy (non-hydrogen) atoms. The van der Waals surface area contributed by atoms with Gasteiger partial charge in [-0.15, -0.1) is 0 Å². The lowest BCUT2D eigenvalue weighted by atomic mass is 9.98. The number of nitrogens with zero attached hydrogens (tertiary/aromatic N) is 2. The Bertz CT molecular complexity index is 401. The van der Waals surface area contributed by atoms with Crippen LogP contribution in [0.15, 0.2) is 6.33 Å². The zero-order valence-corrected chi connectivity index (χ0v) is 10.9. The van der Waals surface area contributed by atoms with Crippen molar-refractivity contribution in [3.8, 4) is 0 Å². The van der Waals surface area contributed by atoms with Crippen LogP contribution in [0.1, 0.15) is 31.2 Å². The van der Waals surface area contributed by atoms with Crippen molar-refractivity contribution in [1.82, 2.24) is 9.97 Å². The molecule has 3 rings (SSSR count). The standard InChI is InChI=1S/C13H18ClN3/c1-8-12(14)16-7-17-13(8)15-6-11(9-2-3-9)10-4-5-10/h7,9-11H,2-6H2,1H3,(H,15,16,17). The highest BCUT2D eigenvalue weighted by Gasteiger charge is 2.41. The summed E-state index contributed by atoms with van der Waals surface area (Å²) in [5.74, 6) is 3.68. The number of rotatable bonds is 5. The van der Waals surface area contributed by atoms with E-state index in [9.17, 15) is 0 Å². The Hall–Kier alpha value is -0.830.